The van der Waals surface area contributed by atoms with Crippen molar-refractivity contribution in [2.24, 2.45) is 5.92 Å². The van der Waals surface area contributed by atoms with Crippen LogP contribution in [-0.4, -0.2) is 39.2 Å². The van der Waals surface area contributed by atoms with Gasteiger partial charge in [0.2, 0.25) is 17.6 Å². The number of nitrogens with zero attached hydrogens (tertiary/aromatic N) is 4. The van der Waals surface area contributed by atoms with E-state index >= 15 is 0 Å². The van der Waals surface area contributed by atoms with Crippen molar-refractivity contribution in [1.82, 2.24) is 20.2 Å². The van der Waals surface area contributed by atoms with E-state index < -0.39 is 0 Å². The third kappa shape index (κ3) is 4.45. The fourth-order valence-electron chi connectivity index (χ4n) is 4.22. The number of aryl methyl sites for hydroxylation is 3. The second-order valence-electron chi connectivity index (χ2n) is 8.18. The first kappa shape index (κ1) is 20.3. The molecule has 3 aromatic rings. The van der Waals surface area contributed by atoms with Crippen molar-refractivity contribution in [2.45, 2.75) is 52.9 Å². The fourth-order valence-corrected chi connectivity index (χ4v) is 4.22. The largest absolute Gasteiger partial charge is 0.361 e. The summed E-state index contributed by atoms with van der Waals surface area (Å²) in [5.74, 6) is 2.60. The topological polar surface area (TPSA) is 85.3 Å². The van der Waals surface area contributed by atoms with Gasteiger partial charge in [0, 0.05) is 37.1 Å². The maximum absolute atomic E-state index is 12.8. The van der Waals surface area contributed by atoms with Gasteiger partial charge in [0.1, 0.15) is 5.76 Å². The van der Waals surface area contributed by atoms with Gasteiger partial charge in [-0.2, -0.15) is 4.98 Å². The van der Waals surface area contributed by atoms with Crippen molar-refractivity contribution >= 4 is 5.91 Å². The van der Waals surface area contributed by atoms with Crippen LogP contribution in [0.4, 0.5) is 0 Å². The lowest BCUT2D eigenvalue weighted by Gasteiger charge is -2.32. The molecule has 1 aliphatic heterocycles. The van der Waals surface area contributed by atoms with Gasteiger partial charge in [-0.3, -0.25) is 4.79 Å². The lowest BCUT2D eigenvalue weighted by Crippen LogP contribution is -2.40. The number of hydrogen-bond acceptors (Lipinski definition) is 6. The van der Waals surface area contributed by atoms with Gasteiger partial charge < -0.3 is 13.9 Å². The second kappa shape index (κ2) is 8.81. The van der Waals surface area contributed by atoms with Crippen molar-refractivity contribution in [3.05, 3.63) is 52.7 Å². The van der Waals surface area contributed by atoms with Crippen LogP contribution in [0.2, 0.25) is 0 Å². The highest BCUT2D eigenvalue weighted by Gasteiger charge is 2.26. The van der Waals surface area contributed by atoms with Crippen molar-refractivity contribution in [3.8, 4) is 11.4 Å². The highest BCUT2D eigenvalue weighted by Crippen LogP contribution is 2.24. The number of hydrogen-bond donors (Lipinski definition) is 0. The minimum Gasteiger partial charge on any atom is -0.361 e. The smallest absolute Gasteiger partial charge is 0.227 e. The highest BCUT2D eigenvalue weighted by molar-refractivity contribution is 5.76. The van der Waals surface area contributed by atoms with Crippen LogP contribution in [0, 0.1) is 26.7 Å². The number of likely N-dealkylation sites (tertiary alicyclic amines) is 1. The zero-order valence-electron chi connectivity index (χ0n) is 17.9. The van der Waals surface area contributed by atoms with Crippen LogP contribution < -0.4 is 0 Å². The van der Waals surface area contributed by atoms with E-state index in [0.717, 1.165) is 54.1 Å². The summed E-state index contributed by atoms with van der Waals surface area (Å²) >= 11 is 0. The van der Waals surface area contributed by atoms with Gasteiger partial charge in [-0.25, -0.2) is 0 Å². The first-order valence-electron chi connectivity index (χ1n) is 10.6. The highest BCUT2D eigenvalue weighted by atomic mass is 16.5. The summed E-state index contributed by atoms with van der Waals surface area (Å²) in [7, 11) is 0. The Bertz CT molecular complexity index is 1000. The van der Waals surface area contributed by atoms with E-state index in [4.69, 9.17) is 9.05 Å². The normalized spacial score (nSPS) is 16.8. The number of amides is 1. The molecule has 0 bridgehead atoms. The first-order valence-corrected chi connectivity index (χ1v) is 10.6. The summed E-state index contributed by atoms with van der Waals surface area (Å²) in [5, 5.41) is 8.13. The van der Waals surface area contributed by atoms with Crippen molar-refractivity contribution < 1.29 is 13.8 Å². The minimum atomic E-state index is 0.186. The Hall–Kier alpha value is -2.96. The molecule has 1 aliphatic rings. The number of piperidine rings is 1. The Morgan fingerprint density at radius 1 is 1.17 bits per heavy atom. The van der Waals surface area contributed by atoms with Crippen molar-refractivity contribution in [2.75, 3.05) is 13.1 Å². The molecule has 1 aromatic carbocycles. The molecule has 7 nitrogen and oxygen atoms in total. The third-order valence-electron chi connectivity index (χ3n) is 5.96. The first-order chi connectivity index (χ1) is 14.5. The quantitative estimate of drug-likeness (QED) is 0.611. The lowest BCUT2D eigenvalue weighted by atomic mass is 9.94. The molecule has 1 atom stereocenters. The van der Waals surface area contributed by atoms with Crippen LogP contribution in [0.1, 0.15) is 47.7 Å². The predicted octanol–water partition coefficient (Wildman–Crippen LogP) is 4.06. The van der Waals surface area contributed by atoms with E-state index in [-0.39, 0.29) is 5.91 Å². The van der Waals surface area contributed by atoms with Gasteiger partial charge in [-0.1, -0.05) is 34.6 Å². The van der Waals surface area contributed by atoms with E-state index in [1.807, 2.05) is 49.9 Å². The molecule has 3 heterocycles. The number of rotatable bonds is 6. The number of benzene rings is 1. The summed E-state index contributed by atoms with van der Waals surface area (Å²) in [5.41, 5.74) is 4.04. The minimum absolute atomic E-state index is 0.186. The molecule has 7 heteroatoms. The zero-order chi connectivity index (χ0) is 21.1. The molecule has 30 heavy (non-hydrogen) atoms. The van der Waals surface area contributed by atoms with Crippen molar-refractivity contribution in [1.29, 1.82) is 0 Å². The molecule has 0 aliphatic carbocycles. The number of carbonyl (C=O) groups excluding carboxylic acids is 1. The van der Waals surface area contributed by atoms with E-state index in [1.165, 1.54) is 0 Å². The van der Waals surface area contributed by atoms with Gasteiger partial charge >= 0.3 is 0 Å². The third-order valence-corrected chi connectivity index (χ3v) is 5.96. The Balaban J connectivity index is 1.34. The summed E-state index contributed by atoms with van der Waals surface area (Å²) in [6, 6.07) is 8.02. The summed E-state index contributed by atoms with van der Waals surface area (Å²) < 4.78 is 10.7. The summed E-state index contributed by atoms with van der Waals surface area (Å²) in [6.45, 7) is 7.41. The van der Waals surface area contributed by atoms with E-state index in [0.29, 0.717) is 36.9 Å². The molecule has 2 aromatic heterocycles. The van der Waals surface area contributed by atoms with Crippen LogP contribution in [0.25, 0.3) is 11.4 Å². The number of aromatic nitrogens is 3. The molecule has 1 unspecified atom stereocenters. The average molecular weight is 409 g/mol. The molecule has 4 rings (SSSR count). The standard InChI is InChI=1S/C23H28N4O3/c1-15-7-4-5-9-19(15)23-24-21(30-26-23)13-18-8-6-12-27(14-18)22(28)11-10-20-16(2)25-29-17(20)3/h4-5,7,9,18H,6,8,10-14H2,1-3H3. The molecular formula is C23H28N4O3. The predicted molar refractivity (Wildman–Crippen MR) is 112 cm³/mol. The molecule has 0 N–H and O–H groups in total. The van der Waals surface area contributed by atoms with Crippen LogP contribution >= 0.6 is 0 Å². The Kier molecular flexibility index (Phi) is 5.97. The fraction of sp³-hybridized carbons (Fsp3) is 0.478. The summed E-state index contributed by atoms with van der Waals surface area (Å²) in [6.07, 6.45) is 3.92. The molecule has 1 saturated heterocycles. The van der Waals surface area contributed by atoms with E-state index in [9.17, 15) is 4.79 Å². The lowest BCUT2D eigenvalue weighted by molar-refractivity contribution is -0.133. The molecule has 0 spiro atoms. The maximum atomic E-state index is 12.8. The summed E-state index contributed by atoms with van der Waals surface area (Å²) in [4.78, 5) is 19.3. The van der Waals surface area contributed by atoms with E-state index in [1.54, 1.807) is 0 Å². The Morgan fingerprint density at radius 3 is 2.77 bits per heavy atom. The van der Waals surface area contributed by atoms with Gasteiger partial charge in [-0.05, 0) is 51.5 Å². The molecule has 158 valence electrons. The van der Waals surface area contributed by atoms with Gasteiger partial charge in [0.05, 0.1) is 5.69 Å². The van der Waals surface area contributed by atoms with Gasteiger partial charge in [0.15, 0.2) is 0 Å². The molecule has 0 radical (unpaired) electrons. The molecule has 1 amide bonds. The van der Waals surface area contributed by atoms with Crippen LogP contribution in [0.3, 0.4) is 0 Å². The molecule has 1 fully saturated rings. The zero-order valence-corrected chi connectivity index (χ0v) is 17.9. The monoisotopic (exact) mass is 408 g/mol. The van der Waals surface area contributed by atoms with Crippen LogP contribution in [0.15, 0.2) is 33.3 Å². The average Bonchev–Trinajstić information content (AvgIpc) is 3.33. The molecule has 0 saturated carbocycles. The van der Waals surface area contributed by atoms with Gasteiger partial charge in [0.25, 0.3) is 0 Å². The SMILES string of the molecule is Cc1ccccc1-c1noc(CC2CCCN(C(=O)CCc3c(C)noc3C)C2)n1. The van der Waals surface area contributed by atoms with Crippen LogP contribution in [-0.2, 0) is 17.6 Å². The van der Waals surface area contributed by atoms with Gasteiger partial charge in [-0.15, -0.1) is 0 Å². The Labute approximate surface area is 176 Å². The second-order valence-corrected chi connectivity index (χ2v) is 8.18. The number of carbonyl (C=O) groups is 1. The van der Waals surface area contributed by atoms with Crippen LogP contribution in [0.5, 0.6) is 0 Å². The van der Waals surface area contributed by atoms with E-state index in [2.05, 4.69) is 15.3 Å². The van der Waals surface area contributed by atoms with Crippen molar-refractivity contribution in [3.63, 3.8) is 0 Å². The Morgan fingerprint density at radius 2 is 2.00 bits per heavy atom. The maximum Gasteiger partial charge on any atom is 0.227 e. The molecular weight excluding hydrogens is 380 g/mol.